The van der Waals surface area contributed by atoms with E-state index in [1.807, 2.05) is 0 Å². The van der Waals surface area contributed by atoms with Gasteiger partial charge in [0.05, 0.1) is 19.8 Å². The first-order chi connectivity index (χ1) is 7.15. The Hall–Kier alpha value is -1.90. The van der Waals surface area contributed by atoms with Gasteiger partial charge in [-0.1, -0.05) is 0 Å². The SMILES string of the molecule is CCOC(=O)[C@H](C#N)C=NCC(=O)OC. The van der Waals surface area contributed by atoms with E-state index >= 15 is 0 Å². The Balaban J connectivity index is 4.16. The molecule has 0 aliphatic heterocycles. The summed E-state index contributed by atoms with van der Waals surface area (Å²) in [5.41, 5.74) is 0. The number of esters is 2. The highest BCUT2D eigenvalue weighted by Gasteiger charge is 2.16. The molecule has 0 fully saturated rings. The largest absolute Gasteiger partial charge is 0.468 e. The molecule has 0 aliphatic carbocycles. The number of methoxy groups -OCH3 is 1. The lowest BCUT2D eigenvalue weighted by molar-refractivity contribution is -0.144. The van der Waals surface area contributed by atoms with Crippen LogP contribution in [0.5, 0.6) is 0 Å². The van der Waals surface area contributed by atoms with Crippen molar-refractivity contribution >= 4 is 18.2 Å². The van der Waals surface area contributed by atoms with Crippen LogP contribution in [-0.4, -0.2) is 38.4 Å². The molecule has 0 bridgehead atoms. The molecule has 0 saturated heterocycles. The second-order valence-corrected chi connectivity index (χ2v) is 2.42. The van der Waals surface area contributed by atoms with E-state index in [0.717, 1.165) is 6.21 Å². The van der Waals surface area contributed by atoms with Crippen LogP contribution < -0.4 is 0 Å². The summed E-state index contributed by atoms with van der Waals surface area (Å²) in [5.74, 6) is -2.28. The predicted octanol–water partition coefficient (Wildman–Crippen LogP) is -0.0669. The van der Waals surface area contributed by atoms with Crippen LogP contribution in [0.4, 0.5) is 0 Å². The number of hydrogen-bond acceptors (Lipinski definition) is 6. The number of rotatable bonds is 5. The third-order valence-electron chi connectivity index (χ3n) is 1.38. The maximum atomic E-state index is 11.1. The molecule has 0 aliphatic rings. The fourth-order valence-corrected chi connectivity index (χ4v) is 0.676. The number of hydrogen-bond donors (Lipinski definition) is 0. The van der Waals surface area contributed by atoms with Gasteiger partial charge in [-0.25, -0.2) is 0 Å². The molecule has 82 valence electrons. The van der Waals surface area contributed by atoms with Gasteiger partial charge in [-0.15, -0.1) is 0 Å². The average molecular weight is 212 g/mol. The number of carbonyl (C=O) groups excluding carboxylic acids is 2. The predicted molar refractivity (Wildman–Crippen MR) is 51.1 cm³/mol. The normalized spacial score (nSPS) is 11.8. The van der Waals surface area contributed by atoms with E-state index in [-0.39, 0.29) is 13.2 Å². The van der Waals surface area contributed by atoms with Crippen LogP contribution in [0.15, 0.2) is 4.99 Å². The lowest BCUT2D eigenvalue weighted by Crippen LogP contribution is -2.18. The van der Waals surface area contributed by atoms with Crippen molar-refractivity contribution in [3.63, 3.8) is 0 Å². The summed E-state index contributed by atoms with van der Waals surface area (Å²) in [4.78, 5) is 25.3. The second-order valence-electron chi connectivity index (χ2n) is 2.42. The van der Waals surface area contributed by atoms with Crippen molar-refractivity contribution in [1.82, 2.24) is 0 Å². The van der Waals surface area contributed by atoms with Crippen LogP contribution in [0.3, 0.4) is 0 Å². The van der Waals surface area contributed by atoms with Crippen LogP contribution in [0, 0.1) is 17.2 Å². The van der Waals surface area contributed by atoms with Gasteiger partial charge in [-0.3, -0.25) is 14.6 Å². The molecule has 6 nitrogen and oxygen atoms in total. The van der Waals surface area contributed by atoms with Crippen molar-refractivity contribution in [2.75, 3.05) is 20.3 Å². The zero-order valence-electron chi connectivity index (χ0n) is 8.60. The average Bonchev–Trinajstić information content (AvgIpc) is 2.24. The maximum absolute atomic E-state index is 11.1. The van der Waals surface area contributed by atoms with Crippen LogP contribution in [-0.2, 0) is 19.1 Å². The minimum atomic E-state index is -1.07. The highest BCUT2D eigenvalue weighted by atomic mass is 16.5. The first-order valence-electron chi connectivity index (χ1n) is 4.28. The number of carbonyl (C=O) groups is 2. The molecule has 0 N–H and O–H groups in total. The Kier molecular flexibility index (Phi) is 6.55. The van der Waals surface area contributed by atoms with E-state index in [0.29, 0.717) is 0 Å². The molecule has 0 rings (SSSR count). The van der Waals surface area contributed by atoms with Crippen molar-refractivity contribution in [2.45, 2.75) is 6.92 Å². The highest BCUT2D eigenvalue weighted by molar-refractivity contribution is 5.93. The maximum Gasteiger partial charge on any atom is 0.328 e. The summed E-state index contributed by atoms with van der Waals surface area (Å²) in [5, 5.41) is 8.59. The van der Waals surface area contributed by atoms with Crippen LogP contribution in [0.25, 0.3) is 0 Å². The molecule has 0 aromatic rings. The number of aliphatic imine (C=N–C) groups is 1. The van der Waals surface area contributed by atoms with Crippen LogP contribution in [0.2, 0.25) is 0 Å². The van der Waals surface area contributed by atoms with Crippen molar-refractivity contribution < 1.29 is 19.1 Å². The minimum absolute atomic E-state index is 0.196. The van der Waals surface area contributed by atoms with Gasteiger partial charge in [0.25, 0.3) is 0 Å². The van der Waals surface area contributed by atoms with Gasteiger partial charge in [0.2, 0.25) is 0 Å². The molecule has 0 aromatic carbocycles. The first kappa shape index (κ1) is 13.1. The monoisotopic (exact) mass is 212 g/mol. The topological polar surface area (TPSA) is 88.8 Å². The van der Waals surface area contributed by atoms with E-state index in [1.165, 1.54) is 7.11 Å². The highest BCUT2D eigenvalue weighted by Crippen LogP contribution is 1.95. The van der Waals surface area contributed by atoms with Gasteiger partial charge in [-0.05, 0) is 6.92 Å². The van der Waals surface area contributed by atoms with E-state index in [1.54, 1.807) is 13.0 Å². The number of nitriles is 1. The molecule has 0 unspecified atom stereocenters. The number of ether oxygens (including phenoxy) is 2. The first-order valence-corrected chi connectivity index (χ1v) is 4.28. The van der Waals surface area contributed by atoms with Gasteiger partial charge in [0.1, 0.15) is 6.54 Å². The Morgan fingerprint density at radius 2 is 2.27 bits per heavy atom. The van der Waals surface area contributed by atoms with Gasteiger partial charge >= 0.3 is 11.9 Å². The summed E-state index contributed by atoms with van der Waals surface area (Å²) in [6, 6.07) is 1.70. The van der Waals surface area contributed by atoms with Gasteiger partial charge in [0, 0.05) is 6.21 Å². The molecular formula is C9H12N2O4. The zero-order valence-corrected chi connectivity index (χ0v) is 8.60. The molecule has 15 heavy (non-hydrogen) atoms. The van der Waals surface area contributed by atoms with Crippen molar-refractivity contribution in [3.8, 4) is 6.07 Å². The molecule has 1 atom stereocenters. The summed E-state index contributed by atoms with van der Waals surface area (Å²) >= 11 is 0. The molecule has 0 radical (unpaired) electrons. The summed E-state index contributed by atoms with van der Waals surface area (Å²) < 4.78 is 8.93. The van der Waals surface area contributed by atoms with E-state index in [2.05, 4.69) is 14.5 Å². The van der Waals surface area contributed by atoms with Crippen molar-refractivity contribution in [1.29, 1.82) is 5.26 Å². The van der Waals surface area contributed by atoms with Crippen LogP contribution in [0.1, 0.15) is 6.92 Å². The minimum Gasteiger partial charge on any atom is -0.468 e. The summed E-state index contributed by atoms with van der Waals surface area (Å²) in [6.07, 6.45) is 1.08. The molecular weight excluding hydrogens is 200 g/mol. The van der Waals surface area contributed by atoms with Crippen molar-refractivity contribution in [3.05, 3.63) is 0 Å². The lowest BCUT2D eigenvalue weighted by atomic mass is 10.2. The third kappa shape index (κ3) is 5.41. The lowest BCUT2D eigenvalue weighted by Gasteiger charge is -2.02. The zero-order chi connectivity index (χ0) is 11.7. The fraction of sp³-hybridized carbons (Fsp3) is 0.556. The van der Waals surface area contributed by atoms with Crippen LogP contribution >= 0.6 is 0 Å². The van der Waals surface area contributed by atoms with Gasteiger partial charge in [-0.2, -0.15) is 5.26 Å². The molecule has 0 saturated carbocycles. The Labute approximate surface area is 87.5 Å². The molecule has 0 heterocycles. The molecule has 0 aromatic heterocycles. The van der Waals surface area contributed by atoms with E-state index in [9.17, 15) is 9.59 Å². The summed E-state index contributed by atoms with van der Waals surface area (Å²) in [6.45, 7) is 1.62. The van der Waals surface area contributed by atoms with E-state index in [4.69, 9.17) is 5.26 Å². The molecule has 0 amide bonds. The molecule has 0 spiro atoms. The quantitative estimate of drug-likeness (QED) is 0.470. The fourth-order valence-electron chi connectivity index (χ4n) is 0.676. The number of nitrogens with zero attached hydrogens (tertiary/aromatic N) is 2. The van der Waals surface area contributed by atoms with Crippen molar-refractivity contribution in [2.24, 2.45) is 10.9 Å². The summed E-state index contributed by atoms with van der Waals surface area (Å²) in [7, 11) is 1.23. The Morgan fingerprint density at radius 1 is 1.60 bits per heavy atom. The standard InChI is InChI=1S/C9H12N2O4/c1-3-15-9(13)7(4-10)5-11-6-8(12)14-2/h5,7H,3,6H2,1-2H3/t7-/m1/s1. The van der Waals surface area contributed by atoms with Gasteiger partial charge in [0.15, 0.2) is 5.92 Å². The van der Waals surface area contributed by atoms with Gasteiger partial charge < -0.3 is 9.47 Å². The Bertz CT molecular complexity index is 293. The second kappa shape index (κ2) is 7.50. The smallest absolute Gasteiger partial charge is 0.328 e. The Morgan fingerprint density at radius 3 is 2.73 bits per heavy atom. The van der Waals surface area contributed by atoms with E-state index < -0.39 is 17.9 Å². The molecule has 6 heteroatoms. The third-order valence-corrected chi connectivity index (χ3v) is 1.38.